The van der Waals surface area contributed by atoms with Crippen LogP contribution in [0.2, 0.25) is 0 Å². The van der Waals surface area contributed by atoms with Crippen LogP contribution in [-0.4, -0.2) is 47.7 Å². The Labute approximate surface area is 88.0 Å². The van der Waals surface area contributed by atoms with Crippen molar-refractivity contribution in [1.82, 2.24) is 4.90 Å². The molecule has 1 fully saturated rings. The van der Waals surface area contributed by atoms with Crippen molar-refractivity contribution in [2.75, 3.05) is 19.7 Å². The van der Waals surface area contributed by atoms with Crippen molar-refractivity contribution in [2.24, 2.45) is 0 Å². The van der Waals surface area contributed by atoms with Crippen LogP contribution in [0.15, 0.2) is 0 Å². The highest BCUT2D eigenvalue weighted by atomic mass is 16.5. The predicted octanol–water partition coefficient (Wildman–Crippen LogP) is -0.288. The van der Waals surface area contributed by atoms with Crippen molar-refractivity contribution in [3.8, 4) is 12.3 Å². The number of hydrogen-bond acceptors (Lipinski definition) is 3. The molecule has 1 aliphatic heterocycles. The SMILES string of the molecule is C#CCN(CC(=O)O)C(=O)[C@@H]1CCCO1. The summed E-state index contributed by atoms with van der Waals surface area (Å²) in [5.74, 6) is 0.865. The number of rotatable bonds is 4. The molecule has 0 radical (unpaired) electrons. The van der Waals surface area contributed by atoms with Crippen LogP contribution in [0, 0.1) is 12.3 Å². The Morgan fingerprint density at radius 2 is 2.33 bits per heavy atom. The normalized spacial score (nSPS) is 19.5. The summed E-state index contributed by atoms with van der Waals surface area (Å²) in [4.78, 5) is 23.3. The number of aliphatic carboxylic acids is 1. The maximum atomic E-state index is 11.7. The molecule has 0 aromatic carbocycles. The van der Waals surface area contributed by atoms with Crippen molar-refractivity contribution in [1.29, 1.82) is 0 Å². The Hall–Kier alpha value is -1.54. The highest BCUT2D eigenvalue weighted by Gasteiger charge is 2.28. The van der Waals surface area contributed by atoms with E-state index in [1.54, 1.807) is 0 Å². The predicted molar refractivity (Wildman–Crippen MR) is 52.0 cm³/mol. The third-order valence-corrected chi connectivity index (χ3v) is 2.13. The topological polar surface area (TPSA) is 66.8 Å². The fourth-order valence-electron chi connectivity index (χ4n) is 1.46. The average Bonchev–Trinajstić information content (AvgIpc) is 2.68. The zero-order valence-corrected chi connectivity index (χ0v) is 8.31. The lowest BCUT2D eigenvalue weighted by Gasteiger charge is -2.21. The fraction of sp³-hybridized carbons (Fsp3) is 0.600. The molecule has 15 heavy (non-hydrogen) atoms. The van der Waals surface area contributed by atoms with Crippen LogP contribution >= 0.6 is 0 Å². The first-order valence-electron chi connectivity index (χ1n) is 4.71. The van der Waals surface area contributed by atoms with Crippen molar-refractivity contribution in [2.45, 2.75) is 18.9 Å². The van der Waals surface area contributed by atoms with E-state index < -0.39 is 12.1 Å². The van der Waals surface area contributed by atoms with E-state index in [-0.39, 0.29) is 19.0 Å². The molecule has 1 aliphatic rings. The number of hydrogen-bond donors (Lipinski definition) is 1. The molecule has 1 amide bonds. The summed E-state index contributed by atoms with van der Waals surface area (Å²) >= 11 is 0. The van der Waals surface area contributed by atoms with Gasteiger partial charge < -0.3 is 14.7 Å². The molecule has 0 bridgehead atoms. The van der Waals surface area contributed by atoms with Crippen molar-refractivity contribution in [3.63, 3.8) is 0 Å². The molecule has 0 saturated carbocycles. The molecule has 5 nitrogen and oxygen atoms in total. The lowest BCUT2D eigenvalue weighted by Crippen LogP contribution is -2.42. The molecule has 0 unspecified atom stereocenters. The Balaban J connectivity index is 2.57. The van der Waals surface area contributed by atoms with E-state index in [1.807, 2.05) is 0 Å². The van der Waals surface area contributed by atoms with Crippen molar-refractivity contribution >= 4 is 11.9 Å². The van der Waals surface area contributed by atoms with E-state index >= 15 is 0 Å². The molecule has 0 spiro atoms. The molecule has 1 saturated heterocycles. The number of carboxylic acid groups (broad SMARTS) is 1. The first-order chi connectivity index (χ1) is 7.15. The Morgan fingerprint density at radius 1 is 1.60 bits per heavy atom. The molecule has 0 aromatic rings. The van der Waals surface area contributed by atoms with Gasteiger partial charge >= 0.3 is 5.97 Å². The summed E-state index contributed by atoms with van der Waals surface area (Å²) in [6.07, 6.45) is 6.01. The molecular formula is C10H13NO4. The third kappa shape index (κ3) is 3.26. The second kappa shape index (κ2) is 5.37. The van der Waals surface area contributed by atoms with Crippen LogP contribution in [0.5, 0.6) is 0 Å². The molecular weight excluding hydrogens is 198 g/mol. The summed E-state index contributed by atoms with van der Waals surface area (Å²) in [7, 11) is 0. The van der Waals surface area contributed by atoms with Crippen LogP contribution in [0.4, 0.5) is 0 Å². The largest absolute Gasteiger partial charge is 0.480 e. The van der Waals surface area contributed by atoms with E-state index in [0.717, 1.165) is 11.3 Å². The van der Waals surface area contributed by atoms with Gasteiger partial charge in [-0.2, -0.15) is 0 Å². The Bertz CT molecular complexity index is 288. The van der Waals surface area contributed by atoms with Crippen LogP contribution in [0.25, 0.3) is 0 Å². The molecule has 1 N–H and O–H groups in total. The van der Waals surface area contributed by atoms with E-state index in [9.17, 15) is 9.59 Å². The first-order valence-corrected chi connectivity index (χ1v) is 4.71. The fourth-order valence-corrected chi connectivity index (χ4v) is 1.46. The Morgan fingerprint density at radius 3 is 2.80 bits per heavy atom. The highest BCUT2D eigenvalue weighted by molar-refractivity contribution is 5.85. The standard InChI is InChI=1S/C10H13NO4/c1-2-5-11(7-9(12)13)10(14)8-4-3-6-15-8/h1,8H,3-7H2,(H,12,13)/t8-/m0/s1. The first kappa shape index (κ1) is 11.5. The number of carboxylic acids is 1. The maximum absolute atomic E-state index is 11.7. The van der Waals surface area contributed by atoms with Crippen LogP contribution in [-0.2, 0) is 14.3 Å². The average molecular weight is 211 g/mol. The van der Waals surface area contributed by atoms with Gasteiger partial charge in [0.15, 0.2) is 0 Å². The minimum absolute atomic E-state index is 0.00495. The minimum Gasteiger partial charge on any atom is -0.480 e. The number of carbonyl (C=O) groups excluding carboxylic acids is 1. The smallest absolute Gasteiger partial charge is 0.323 e. The van der Waals surface area contributed by atoms with Crippen LogP contribution < -0.4 is 0 Å². The van der Waals surface area contributed by atoms with E-state index in [1.165, 1.54) is 0 Å². The van der Waals surface area contributed by atoms with Gasteiger partial charge in [-0.25, -0.2) is 0 Å². The Kier molecular flexibility index (Phi) is 4.13. The molecule has 0 aromatic heterocycles. The summed E-state index contributed by atoms with van der Waals surface area (Å²) in [5.41, 5.74) is 0. The van der Waals surface area contributed by atoms with Gasteiger partial charge in [-0.1, -0.05) is 5.92 Å². The zero-order valence-electron chi connectivity index (χ0n) is 8.31. The van der Waals surface area contributed by atoms with Gasteiger partial charge in [-0.05, 0) is 12.8 Å². The second-order valence-electron chi connectivity index (χ2n) is 3.29. The summed E-state index contributed by atoms with van der Waals surface area (Å²) in [6, 6.07) is 0. The van der Waals surface area contributed by atoms with Gasteiger partial charge in [0.1, 0.15) is 12.6 Å². The van der Waals surface area contributed by atoms with Crippen LogP contribution in [0.1, 0.15) is 12.8 Å². The van der Waals surface area contributed by atoms with Crippen molar-refractivity contribution < 1.29 is 19.4 Å². The van der Waals surface area contributed by atoms with E-state index in [4.69, 9.17) is 16.3 Å². The lowest BCUT2D eigenvalue weighted by atomic mass is 10.2. The van der Waals surface area contributed by atoms with E-state index in [2.05, 4.69) is 5.92 Å². The minimum atomic E-state index is -1.07. The number of nitrogens with zero attached hydrogens (tertiary/aromatic N) is 1. The van der Waals surface area contributed by atoms with Gasteiger partial charge in [0.2, 0.25) is 0 Å². The monoisotopic (exact) mass is 211 g/mol. The molecule has 5 heteroatoms. The molecule has 82 valence electrons. The van der Waals surface area contributed by atoms with Gasteiger partial charge in [-0.15, -0.1) is 6.42 Å². The molecule has 1 rings (SSSR count). The van der Waals surface area contributed by atoms with Gasteiger partial charge in [0.25, 0.3) is 5.91 Å². The number of ether oxygens (including phenoxy) is 1. The van der Waals surface area contributed by atoms with E-state index in [0.29, 0.717) is 13.0 Å². The highest BCUT2D eigenvalue weighted by Crippen LogP contribution is 2.14. The van der Waals surface area contributed by atoms with Gasteiger partial charge in [0, 0.05) is 6.61 Å². The second-order valence-corrected chi connectivity index (χ2v) is 3.29. The molecule has 1 atom stereocenters. The maximum Gasteiger partial charge on any atom is 0.323 e. The van der Waals surface area contributed by atoms with Crippen molar-refractivity contribution in [3.05, 3.63) is 0 Å². The zero-order chi connectivity index (χ0) is 11.3. The third-order valence-electron chi connectivity index (χ3n) is 2.13. The quantitative estimate of drug-likeness (QED) is 0.649. The molecule has 0 aliphatic carbocycles. The number of amides is 1. The summed E-state index contributed by atoms with van der Waals surface area (Å²) in [6.45, 7) is 0.182. The summed E-state index contributed by atoms with van der Waals surface area (Å²) < 4.78 is 5.17. The lowest BCUT2D eigenvalue weighted by molar-refractivity contribution is -0.148. The molecule has 1 heterocycles. The number of terminal acetylenes is 1. The number of carbonyl (C=O) groups is 2. The van der Waals surface area contributed by atoms with Gasteiger partial charge in [-0.3, -0.25) is 9.59 Å². The van der Waals surface area contributed by atoms with Crippen LogP contribution in [0.3, 0.4) is 0 Å². The summed E-state index contributed by atoms with van der Waals surface area (Å²) in [5, 5.41) is 8.60. The van der Waals surface area contributed by atoms with Gasteiger partial charge in [0.05, 0.1) is 6.54 Å².